The van der Waals surface area contributed by atoms with E-state index in [9.17, 15) is 0 Å². The summed E-state index contributed by atoms with van der Waals surface area (Å²) in [6.07, 6.45) is 24.9. The molecule has 0 aliphatic carbocycles. The van der Waals surface area contributed by atoms with Crippen molar-refractivity contribution in [2.45, 2.75) is 91.9 Å². The molecule has 0 N–H and O–H groups in total. The number of allylic oxidation sites excluding steroid dienone is 10. The van der Waals surface area contributed by atoms with Crippen LogP contribution in [0.2, 0.25) is 0 Å². The summed E-state index contributed by atoms with van der Waals surface area (Å²) >= 11 is 0. The molecular formula is C28H42. The molecule has 0 aromatic rings. The standard InChI is InChI=1S/C28H42/c1-7-9-11-17-25(3)21-15-23-27(5)19-13-14-20-28(6)24-16-22-26(4)18-12-10-8-2/h9-10,19-22H,1-2,11-18,23-24H2,3-6H3/b25-21+,26-22+,27-19+,28-20+. The maximum Gasteiger partial charge on any atom is -0.0237 e. The largest absolute Gasteiger partial charge is 0.133 e. The molecule has 0 aromatic carbocycles. The third kappa shape index (κ3) is 17.4. The Morgan fingerprint density at radius 2 is 0.786 bits per heavy atom. The van der Waals surface area contributed by atoms with Crippen LogP contribution in [0.5, 0.6) is 0 Å². The third-order valence-corrected chi connectivity index (χ3v) is 4.87. The van der Waals surface area contributed by atoms with Crippen LogP contribution in [0.15, 0.2) is 83.4 Å². The lowest BCUT2D eigenvalue weighted by Crippen LogP contribution is -1.82. The predicted octanol–water partition coefficient (Wildman–Crippen LogP) is 9.35. The van der Waals surface area contributed by atoms with Crippen LogP contribution >= 0.6 is 0 Å². The van der Waals surface area contributed by atoms with Crippen molar-refractivity contribution in [3.63, 3.8) is 0 Å². The second-order valence-corrected chi connectivity index (χ2v) is 7.75. The molecule has 0 heteroatoms. The van der Waals surface area contributed by atoms with Crippen molar-refractivity contribution in [1.29, 1.82) is 0 Å². The Hall–Kier alpha value is -2.00. The van der Waals surface area contributed by atoms with E-state index in [1.807, 2.05) is 12.2 Å². The molecule has 0 rings (SSSR count). The van der Waals surface area contributed by atoms with Crippen LogP contribution in [0.4, 0.5) is 0 Å². The molecule has 0 saturated carbocycles. The van der Waals surface area contributed by atoms with Crippen LogP contribution in [-0.4, -0.2) is 0 Å². The van der Waals surface area contributed by atoms with Crippen LogP contribution in [0, 0.1) is 0 Å². The van der Waals surface area contributed by atoms with Crippen molar-refractivity contribution >= 4 is 0 Å². The Labute approximate surface area is 175 Å². The second-order valence-electron chi connectivity index (χ2n) is 7.75. The van der Waals surface area contributed by atoms with Crippen LogP contribution in [0.25, 0.3) is 0 Å². The molecule has 0 aliphatic rings. The van der Waals surface area contributed by atoms with Gasteiger partial charge in [0.25, 0.3) is 0 Å². The summed E-state index contributed by atoms with van der Waals surface area (Å²) in [6.45, 7) is 16.2. The van der Waals surface area contributed by atoms with Gasteiger partial charge in [0.2, 0.25) is 0 Å². The molecular weight excluding hydrogens is 336 g/mol. The zero-order chi connectivity index (χ0) is 21.0. The van der Waals surface area contributed by atoms with E-state index < -0.39 is 0 Å². The Bertz CT molecular complexity index is 578. The third-order valence-electron chi connectivity index (χ3n) is 4.87. The van der Waals surface area contributed by atoms with E-state index in [2.05, 4.69) is 76.6 Å². The fraction of sp³-hybridized carbons (Fsp3) is 0.500. The Morgan fingerprint density at radius 3 is 1.11 bits per heavy atom. The monoisotopic (exact) mass is 378 g/mol. The van der Waals surface area contributed by atoms with Crippen LogP contribution < -0.4 is 0 Å². The normalized spacial score (nSPS) is 13.1. The SMILES string of the molecule is C=C=CCC/C(C)=C/CC/C(C)=C/CC/C=C(\C)CC/C=C(\C)CCC=C=C. The maximum absolute atomic E-state index is 3.60. The van der Waals surface area contributed by atoms with E-state index in [0.717, 1.165) is 51.4 Å². The molecule has 0 bridgehead atoms. The Kier molecular flexibility index (Phi) is 17.1. The number of hydrogen-bond acceptors (Lipinski definition) is 0. The van der Waals surface area contributed by atoms with Gasteiger partial charge in [0, 0.05) is 0 Å². The molecule has 0 nitrogen and oxygen atoms in total. The highest BCUT2D eigenvalue weighted by Gasteiger charge is 1.93. The smallest absolute Gasteiger partial charge is 0.0237 e. The summed E-state index contributed by atoms with van der Waals surface area (Å²) < 4.78 is 0. The quantitative estimate of drug-likeness (QED) is 0.151. The van der Waals surface area contributed by atoms with Crippen LogP contribution in [-0.2, 0) is 0 Å². The lowest BCUT2D eigenvalue weighted by molar-refractivity contribution is 0.898. The van der Waals surface area contributed by atoms with E-state index >= 15 is 0 Å². The highest BCUT2D eigenvalue weighted by Crippen LogP contribution is 2.14. The van der Waals surface area contributed by atoms with Gasteiger partial charge in [0.05, 0.1) is 0 Å². The second kappa shape index (κ2) is 18.4. The minimum absolute atomic E-state index is 1.05. The summed E-state index contributed by atoms with van der Waals surface area (Å²) in [5.41, 5.74) is 11.6. The van der Waals surface area contributed by atoms with E-state index in [1.54, 1.807) is 0 Å². The minimum atomic E-state index is 1.05. The lowest BCUT2D eigenvalue weighted by atomic mass is 10.0. The van der Waals surface area contributed by atoms with Gasteiger partial charge in [0.1, 0.15) is 0 Å². The average molecular weight is 379 g/mol. The van der Waals surface area contributed by atoms with Crippen LogP contribution in [0.1, 0.15) is 91.9 Å². The van der Waals surface area contributed by atoms with Gasteiger partial charge in [-0.15, -0.1) is 11.5 Å². The summed E-state index contributed by atoms with van der Waals surface area (Å²) in [4.78, 5) is 0. The first-order valence-corrected chi connectivity index (χ1v) is 10.8. The first-order chi connectivity index (χ1) is 13.5. The van der Waals surface area contributed by atoms with Gasteiger partial charge < -0.3 is 0 Å². The summed E-state index contributed by atoms with van der Waals surface area (Å²) in [6, 6.07) is 0. The first-order valence-electron chi connectivity index (χ1n) is 10.8. The molecule has 0 saturated heterocycles. The summed E-state index contributed by atoms with van der Waals surface area (Å²) in [5.74, 6) is 0. The van der Waals surface area contributed by atoms with Crippen LogP contribution in [0.3, 0.4) is 0 Å². The van der Waals surface area contributed by atoms with Gasteiger partial charge in [-0.2, -0.15) is 0 Å². The molecule has 0 aromatic heterocycles. The van der Waals surface area contributed by atoms with E-state index in [-0.39, 0.29) is 0 Å². The first kappa shape index (κ1) is 26.0. The predicted molar refractivity (Wildman–Crippen MR) is 129 cm³/mol. The number of unbranched alkanes of at least 4 members (excludes halogenated alkanes) is 1. The maximum atomic E-state index is 3.60. The van der Waals surface area contributed by atoms with Crippen molar-refractivity contribution in [2.75, 3.05) is 0 Å². The lowest BCUT2D eigenvalue weighted by Gasteiger charge is -2.02. The van der Waals surface area contributed by atoms with Gasteiger partial charge in [-0.1, -0.05) is 59.8 Å². The highest BCUT2D eigenvalue weighted by molar-refractivity contribution is 5.07. The van der Waals surface area contributed by atoms with E-state index in [0.29, 0.717) is 0 Å². The fourth-order valence-electron chi connectivity index (χ4n) is 2.96. The Balaban J connectivity index is 4.02. The number of rotatable bonds is 15. The molecule has 28 heavy (non-hydrogen) atoms. The highest BCUT2D eigenvalue weighted by atomic mass is 14.0. The minimum Gasteiger partial charge on any atom is -0.133 e. The van der Waals surface area contributed by atoms with Crippen molar-refractivity contribution in [2.24, 2.45) is 0 Å². The summed E-state index contributed by atoms with van der Waals surface area (Å²) in [5, 5.41) is 0. The van der Waals surface area contributed by atoms with Crippen molar-refractivity contribution in [3.8, 4) is 0 Å². The molecule has 0 spiro atoms. The van der Waals surface area contributed by atoms with Gasteiger partial charge in [-0.05, 0) is 104 Å². The molecule has 0 heterocycles. The van der Waals surface area contributed by atoms with Crippen molar-refractivity contribution < 1.29 is 0 Å². The number of hydrogen-bond donors (Lipinski definition) is 0. The van der Waals surface area contributed by atoms with E-state index in [1.165, 1.54) is 35.1 Å². The molecule has 0 fully saturated rings. The molecule has 154 valence electrons. The molecule has 0 radical (unpaired) electrons. The topological polar surface area (TPSA) is 0 Å². The fourth-order valence-corrected chi connectivity index (χ4v) is 2.96. The summed E-state index contributed by atoms with van der Waals surface area (Å²) in [7, 11) is 0. The van der Waals surface area contributed by atoms with Crippen molar-refractivity contribution in [1.82, 2.24) is 0 Å². The molecule has 0 aliphatic heterocycles. The van der Waals surface area contributed by atoms with Gasteiger partial charge >= 0.3 is 0 Å². The van der Waals surface area contributed by atoms with Crippen molar-refractivity contribution in [3.05, 3.63) is 83.4 Å². The zero-order valence-electron chi connectivity index (χ0n) is 18.9. The van der Waals surface area contributed by atoms with Gasteiger partial charge in [0.15, 0.2) is 0 Å². The molecule has 0 atom stereocenters. The molecule has 0 unspecified atom stereocenters. The average Bonchev–Trinajstić information content (AvgIpc) is 2.65. The van der Waals surface area contributed by atoms with Gasteiger partial charge in [-0.25, -0.2) is 0 Å². The van der Waals surface area contributed by atoms with E-state index in [4.69, 9.17) is 0 Å². The zero-order valence-corrected chi connectivity index (χ0v) is 18.9. The van der Waals surface area contributed by atoms with Gasteiger partial charge in [-0.3, -0.25) is 0 Å². The Morgan fingerprint density at radius 1 is 0.500 bits per heavy atom. The molecule has 0 amide bonds.